The maximum absolute atomic E-state index is 13.3. The molecule has 1 amide bonds. The molecule has 4 nitrogen and oxygen atoms in total. The zero-order valence-electron chi connectivity index (χ0n) is 12.8. The lowest BCUT2D eigenvalue weighted by atomic mass is 9.97. The van der Waals surface area contributed by atoms with Crippen LogP contribution in [-0.2, 0) is 11.2 Å². The molecule has 23 heavy (non-hydrogen) atoms. The number of carbonyl (C=O) groups excluding carboxylic acids is 1. The quantitative estimate of drug-likeness (QED) is 0.884. The summed E-state index contributed by atoms with van der Waals surface area (Å²) in [5.74, 6) is -0.337. The van der Waals surface area contributed by atoms with E-state index in [0.29, 0.717) is 12.2 Å². The summed E-state index contributed by atoms with van der Waals surface area (Å²) >= 11 is 1.42. The second kappa shape index (κ2) is 6.76. The van der Waals surface area contributed by atoms with Gasteiger partial charge in [0.15, 0.2) is 0 Å². The number of thiazole rings is 1. The third kappa shape index (κ3) is 3.76. The Labute approximate surface area is 138 Å². The first-order valence-electron chi connectivity index (χ1n) is 7.82. The Morgan fingerprint density at radius 2 is 2.17 bits per heavy atom. The van der Waals surface area contributed by atoms with Crippen molar-refractivity contribution in [2.75, 3.05) is 6.54 Å². The fraction of sp³-hybridized carbons (Fsp3) is 0.412. The van der Waals surface area contributed by atoms with Gasteiger partial charge in [0, 0.05) is 17.5 Å². The summed E-state index contributed by atoms with van der Waals surface area (Å²) in [4.78, 5) is 16.7. The van der Waals surface area contributed by atoms with Gasteiger partial charge in [-0.15, -0.1) is 11.3 Å². The number of hydrogen-bond donors (Lipinski definition) is 2. The SMILES string of the molecule is NCC1(NC(=O)Cc2csc(-c3cccc(F)c3)n2)CCCC1. The number of hydrogen-bond acceptors (Lipinski definition) is 4. The predicted octanol–water partition coefficient (Wildman–Crippen LogP) is 2.88. The van der Waals surface area contributed by atoms with E-state index >= 15 is 0 Å². The van der Waals surface area contributed by atoms with Gasteiger partial charge in [0.25, 0.3) is 0 Å². The minimum absolute atomic E-state index is 0.0477. The molecule has 1 aromatic heterocycles. The Balaban J connectivity index is 1.66. The fourth-order valence-electron chi connectivity index (χ4n) is 3.08. The van der Waals surface area contributed by atoms with Crippen LogP contribution < -0.4 is 11.1 Å². The molecule has 1 heterocycles. The van der Waals surface area contributed by atoms with E-state index in [4.69, 9.17) is 5.73 Å². The van der Waals surface area contributed by atoms with Gasteiger partial charge in [-0.3, -0.25) is 4.79 Å². The number of carbonyl (C=O) groups is 1. The number of nitrogens with one attached hydrogen (secondary N) is 1. The molecule has 0 unspecified atom stereocenters. The van der Waals surface area contributed by atoms with Crippen molar-refractivity contribution in [2.45, 2.75) is 37.6 Å². The topological polar surface area (TPSA) is 68.0 Å². The van der Waals surface area contributed by atoms with E-state index in [1.807, 2.05) is 11.4 Å². The maximum atomic E-state index is 13.3. The number of halogens is 1. The molecule has 0 saturated heterocycles. The Morgan fingerprint density at radius 3 is 2.87 bits per heavy atom. The van der Waals surface area contributed by atoms with E-state index in [1.54, 1.807) is 6.07 Å². The Bertz CT molecular complexity index is 695. The molecule has 1 aromatic carbocycles. The van der Waals surface area contributed by atoms with Gasteiger partial charge in [-0.2, -0.15) is 0 Å². The molecule has 0 bridgehead atoms. The summed E-state index contributed by atoms with van der Waals surface area (Å²) in [6.07, 6.45) is 4.34. The van der Waals surface area contributed by atoms with Crippen LogP contribution in [0.2, 0.25) is 0 Å². The van der Waals surface area contributed by atoms with Gasteiger partial charge in [-0.05, 0) is 25.0 Å². The first kappa shape index (κ1) is 16.1. The van der Waals surface area contributed by atoms with Gasteiger partial charge >= 0.3 is 0 Å². The summed E-state index contributed by atoms with van der Waals surface area (Å²) in [6.45, 7) is 0.477. The highest BCUT2D eigenvalue weighted by atomic mass is 32.1. The molecule has 0 spiro atoms. The van der Waals surface area contributed by atoms with Crippen molar-refractivity contribution in [1.82, 2.24) is 10.3 Å². The van der Waals surface area contributed by atoms with Crippen molar-refractivity contribution in [3.05, 3.63) is 41.2 Å². The molecular formula is C17H20FN3OS. The average Bonchev–Trinajstić information content (AvgIpc) is 3.17. The van der Waals surface area contributed by atoms with E-state index in [-0.39, 0.29) is 23.7 Å². The molecule has 1 saturated carbocycles. The zero-order valence-corrected chi connectivity index (χ0v) is 13.7. The number of aromatic nitrogens is 1. The largest absolute Gasteiger partial charge is 0.349 e. The summed E-state index contributed by atoms with van der Waals surface area (Å²) < 4.78 is 13.3. The van der Waals surface area contributed by atoms with Crippen LogP contribution in [0.1, 0.15) is 31.4 Å². The fourth-order valence-corrected chi connectivity index (χ4v) is 3.90. The number of amides is 1. The van der Waals surface area contributed by atoms with Crippen LogP contribution in [0.4, 0.5) is 4.39 Å². The highest BCUT2D eigenvalue weighted by molar-refractivity contribution is 7.13. The summed E-state index contributed by atoms with van der Waals surface area (Å²) in [5.41, 5.74) is 7.04. The van der Waals surface area contributed by atoms with Crippen molar-refractivity contribution in [3.63, 3.8) is 0 Å². The van der Waals surface area contributed by atoms with E-state index in [0.717, 1.165) is 36.3 Å². The summed E-state index contributed by atoms with van der Waals surface area (Å²) in [6, 6.07) is 6.32. The van der Waals surface area contributed by atoms with Gasteiger partial charge in [-0.25, -0.2) is 9.37 Å². The van der Waals surface area contributed by atoms with E-state index < -0.39 is 0 Å². The molecule has 3 rings (SSSR count). The molecule has 122 valence electrons. The first-order chi connectivity index (χ1) is 11.1. The average molecular weight is 333 g/mol. The van der Waals surface area contributed by atoms with Crippen LogP contribution in [0.5, 0.6) is 0 Å². The van der Waals surface area contributed by atoms with Crippen molar-refractivity contribution >= 4 is 17.2 Å². The summed E-state index contributed by atoms with van der Waals surface area (Å²) in [7, 11) is 0. The van der Waals surface area contributed by atoms with Crippen LogP contribution >= 0.6 is 11.3 Å². The predicted molar refractivity (Wildman–Crippen MR) is 89.6 cm³/mol. The lowest BCUT2D eigenvalue weighted by Gasteiger charge is -2.28. The van der Waals surface area contributed by atoms with Gasteiger partial charge in [0.05, 0.1) is 17.7 Å². The molecule has 0 radical (unpaired) electrons. The molecule has 6 heteroatoms. The molecule has 1 aliphatic rings. The first-order valence-corrected chi connectivity index (χ1v) is 8.70. The molecule has 3 N–H and O–H groups in total. The van der Waals surface area contributed by atoms with Crippen molar-refractivity contribution < 1.29 is 9.18 Å². The third-order valence-corrected chi connectivity index (χ3v) is 5.26. The molecule has 1 fully saturated rings. The van der Waals surface area contributed by atoms with Gasteiger partial charge in [0.1, 0.15) is 10.8 Å². The maximum Gasteiger partial charge on any atom is 0.226 e. The van der Waals surface area contributed by atoms with Crippen LogP contribution in [-0.4, -0.2) is 23.0 Å². The van der Waals surface area contributed by atoms with E-state index in [1.165, 1.54) is 23.5 Å². The highest BCUT2D eigenvalue weighted by Gasteiger charge is 2.33. The zero-order chi connectivity index (χ0) is 16.3. The molecular weight excluding hydrogens is 313 g/mol. The van der Waals surface area contributed by atoms with Gasteiger partial charge in [-0.1, -0.05) is 25.0 Å². The standard InChI is InChI=1S/C17H20FN3OS/c18-13-5-3-4-12(8-13)16-20-14(10-23-16)9-15(22)21-17(11-19)6-1-2-7-17/h3-5,8,10H,1-2,6-7,9,11,19H2,(H,21,22). The number of nitrogens with two attached hydrogens (primary N) is 1. The van der Waals surface area contributed by atoms with E-state index in [2.05, 4.69) is 10.3 Å². The van der Waals surface area contributed by atoms with Crippen molar-refractivity contribution in [3.8, 4) is 10.6 Å². The Kier molecular flexibility index (Phi) is 4.73. The molecule has 0 aliphatic heterocycles. The van der Waals surface area contributed by atoms with E-state index in [9.17, 15) is 9.18 Å². The van der Waals surface area contributed by atoms with Crippen LogP contribution in [0, 0.1) is 5.82 Å². The second-order valence-electron chi connectivity index (χ2n) is 6.07. The van der Waals surface area contributed by atoms with Crippen LogP contribution in [0.3, 0.4) is 0 Å². The minimum Gasteiger partial charge on any atom is -0.349 e. The monoisotopic (exact) mass is 333 g/mol. The van der Waals surface area contributed by atoms with Crippen LogP contribution in [0.15, 0.2) is 29.6 Å². The van der Waals surface area contributed by atoms with Crippen molar-refractivity contribution in [2.24, 2.45) is 5.73 Å². The second-order valence-corrected chi connectivity index (χ2v) is 6.93. The minimum atomic E-state index is -0.289. The third-order valence-electron chi connectivity index (χ3n) is 4.32. The van der Waals surface area contributed by atoms with Gasteiger partial charge in [0.2, 0.25) is 5.91 Å². The normalized spacial score (nSPS) is 16.4. The summed E-state index contributed by atoms with van der Waals surface area (Å²) in [5, 5.41) is 5.66. The Morgan fingerprint density at radius 1 is 1.39 bits per heavy atom. The molecule has 1 aliphatic carbocycles. The van der Waals surface area contributed by atoms with Crippen LogP contribution in [0.25, 0.3) is 10.6 Å². The molecule has 0 atom stereocenters. The lowest BCUT2D eigenvalue weighted by Crippen LogP contribution is -2.52. The number of rotatable bonds is 5. The highest BCUT2D eigenvalue weighted by Crippen LogP contribution is 2.29. The lowest BCUT2D eigenvalue weighted by molar-refractivity contribution is -0.122. The Hall–Kier alpha value is -1.79. The smallest absolute Gasteiger partial charge is 0.226 e. The van der Waals surface area contributed by atoms with Crippen molar-refractivity contribution in [1.29, 1.82) is 0 Å². The molecule has 2 aromatic rings. The number of nitrogens with zero attached hydrogens (tertiary/aromatic N) is 1. The number of benzene rings is 1. The van der Waals surface area contributed by atoms with Gasteiger partial charge < -0.3 is 11.1 Å².